The molecule has 0 spiro atoms. The van der Waals surface area contributed by atoms with Gasteiger partial charge in [-0.3, -0.25) is 0 Å². The highest BCUT2D eigenvalue weighted by Gasteiger charge is 2.20. The first-order chi connectivity index (χ1) is 9.22. The molecule has 1 aliphatic rings. The molecule has 0 aliphatic carbocycles. The molecule has 1 aromatic carbocycles. The topological polar surface area (TPSA) is 48.1 Å². The predicted octanol–water partition coefficient (Wildman–Crippen LogP) is 3.43. The minimum absolute atomic E-state index is 0.0155. The molecule has 1 aromatic heterocycles. The predicted molar refractivity (Wildman–Crippen MR) is 77.3 cm³/mol. The maximum absolute atomic E-state index is 12.2. The van der Waals surface area contributed by atoms with E-state index in [2.05, 4.69) is 17.2 Å². The molecule has 3 rings (SSSR count). The second kappa shape index (κ2) is 4.96. The Kier molecular flexibility index (Phi) is 3.15. The van der Waals surface area contributed by atoms with Crippen molar-refractivity contribution in [2.75, 3.05) is 18.4 Å². The summed E-state index contributed by atoms with van der Waals surface area (Å²) >= 11 is 0. The number of nitrogens with zero attached hydrogens (tertiary/aromatic N) is 1. The van der Waals surface area contributed by atoms with Crippen molar-refractivity contribution in [2.45, 2.75) is 19.8 Å². The molecular weight excluding hydrogens is 238 g/mol. The molecule has 1 saturated heterocycles. The third kappa shape index (κ3) is 2.57. The number of urea groups is 1. The average molecular weight is 257 g/mol. The van der Waals surface area contributed by atoms with Gasteiger partial charge >= 0.3 is 6.03 Å². The minimum Gasteiger partial charge on any atom is -0.361 e. The lowest BCUT2D eigenvalue weighted by molar-refractivity contribution is 0.186. The molecule has 1 fully saturated rings. The monoisotopic (exact) mass is 257 g/mol. The molecule has 0 unspecified atom stereocenters. The van der Waals surface area contributed by atoms with Crippen LogP contribution in [0.4, 0.5) is 10.5 Å². The van der Waals surface area contributed by atoms with Crippen LogP contribution in [-0.4, -0.2) is 29.0 Å². The highest BCUT2D eigenvalue weighted by molar-refractivity contribution is 5.92. The van der Waals surface area contributed by atoms with Crippen LogP contribution in [0.2, 0.25) is 0 Å². The van der Waals surface area contributed by atoms with Gasteiger partial charge in [0.25, 0.3) is 0 Å². The fourth-order valence-electron chi connectivity index (χ4n) is 2.55. The van der Waals surface area contributed by atoms with E-state index in [-0.39, 0.29) is 6.03 Å². The van der Waals surface area contributed by atoms with Gasteiger partial charge < -0.3 is 15.2 Å². The number of aromatic nitrogens is 1. The molecule has 0 radical (unpaired) electrons. The van der Waals surface area contributed by atoms with Crippen molar-refractivity contribution in [1.29, 1.82) is 0 Å². The largest absolute Gasteiger partial charge is 0.361 e. The minimum atomic E-state index is 0.0155. The number of carbonyl (C=O) groups excluding carboxylic acids is 1. The van der Waals surface area contributed by atoms with Gasteiger partial charge in [0.05, 0.1) is 0 Å². The first kappa shape index (κ1) is 12.1. The third-order valence-electron chi connectivity index (χ3n) is 3.88. The smallest absolute Gasteiger partial charge is 0.321 e. The van der Waals surface area contributed by atoms with Gasteiger partial charge in [-0.05, 0) is 43.0 Å². The van der Waals surface area contributed by atoms with Crippen LogP contribution < -0.4 is 5.32 Å². The molecule has 1 aliphatic heterocycles. The number of piperidine rings is 1. The summed E-state index contributed by atoms with van der Waals surface area (Å²) in [7, 11) is 0. The van der Waals surface area contributed by atoms with Crippen molar-refractivity contribution < 1.29 is 4.79 Å². The number of carbonyl (C=O) groups is 1. The summed E-state index contributed by atoms with van der Waals surface area (Å²) in [6.07, 6.45) is 4.11. The Balaban J connectivity index is 1.68. The summed E-state index contributed by atoms with van der Waals surface area (Å²) in [5.74, 6) is 0.736. The molecule has 0 bridgehead atoms. The van der Waals surface area contributed by atoms with Gasteiger partial charge in [-0.1, -0.05) is 6.92 Å². The zero-order chi connectivity index (χ0) is 13.2. The average Bonchev–Trinajstić information content (AvgIpc) is 2.87. The van der Waals surface area contributed by atoms with Crippen molar-refractivity contribution in [3.05, 3.63) is 30.5 Å². The summed E-state index contributed by atoms with van der Waals surface area (Å²) in [6.45, 7) is 3.97. The number of aromatic amines is 1. The van der Waals surface area contributed by atoms with Gasteiger partial charge in [0, 0.05) is 35.9 Å². The Morgan fingerprint density at radius 2 is 2.11 bits per heavy atom. The van der Waals surface area contributed by atoms with E-state index in [1.807, 2.05) is 35.4 Å². The first-order valence-electron chi connectivity index (χ1n) is 6.85. The van der Waals surface area contributed by atoms with Crippen LogP contribution >= 0.6 is 0 Å². The van der Waals surface area contributed by atoms with Crippen molar-refractivity contribution in [3.8, 4) is 0 Å². The van der Waals surface area contributed by atoms with Gasteiger partial charge in [-0.25, -0.2) is 4.79 Å². The Labute approximate surface area is 112 Å². The van der Waals surface area contributed by atoms with Crippen LogP contribution in [0.5, 0.6) is 0 Å². The lowest BCUT2D eigenvalue weighted by atomic mass is 10.00. The van der Waals surface area contributed by atoms with Crippen LogP contribution in [0.15, 0.2) is 30.5 Å². The molecule has 2 N–H and O–H groups in total. The molecule has 0 saturated carbocycles. The van der Waals surface area contributed by atoms with Gasteiger partial charge in [-0.15, -0.1) is 0 Å². The normalized spacial score (nSPS) is 16.8. The highest BCUT2D eigenvalue weighted by atomic mass is 16.2. The number of hydrogen-bond acceptors (Lipinski definition) is 1. The van der Waals surface area contributed by atoms with Gasteiger partial charge in [0.15, 0.2) is 0 Å². The fourth-order valence-corrected chi connectivity index (χ4v) is 2.55. The number of amides is 2. The number of fused-ring (bicyclic) bond motifs is 1. The third-order valence-corrected chi connectivity index (χ3v) is 3.88. The van der Waals surface area contributed by atoms with Crippen LogP contribution in [0.1, 0.15) is 19.8 Å². The number of anilines is 1. The van der Waals surface area contributed by atoms with E-state index in [9.17, 15) is 4.79 Å². The van der Waals surface area contributed by atoms with E-state index >= 15 is 0 Å². The number of nitrogens with one attached hydrogen (secondary N) is 2. The Bertz CT molecular complexity index is 582. The number of rotatable bonds is 1. The molecule has 2 heterocycles. The van der Waals surface area contributed by atoms with Gasteiger partial charge in [-0.2, -0.15) is 0 Å². The summed E-state index contributed by atoms with van der Waals surface area (Å²) in [4.78, 5) is 17.2. The zero-order valence-corrected chi connectivity index (χ0v) is 11.1. The van der Waals surface area contributed by atoms with E-state index in [1.54, 1.807) is 0 Å². The second-order valence-electron chi connectivity index (χ2n) is 5.38. The van der Waals surface area contributed by atoms with Crippen LogP contribution in [0.25, 0.3) is 10.9 Å². The molecule has 19 heavy (non-hydrogen) atoms. The fraction of sp³-hybridized carbons (Fsp3) is 0.400. The summed E-state index contributed by atoms with van der Waals surface area (Å²) in [5.41, 5.74) is 1.94. The summed E-state index contributed by atoms with van der Waals surface area (Å²) < 4.78 is 0. The van der Waals surface area contributed by atoms with E-state index in [4.69, 9.17) is 0 Å². The number of benzene rings is 1. The molecular formula is C15H19N3O. The van der Waals surface area contributed by atoms with Crippen LogP contribution in [0, 0.1) is 5.92 Å². The van der Waals surface area contributed by atoms with Crippen molar-refractivity contribution in [1.82, 2.24) is 9.88 Å². The molecule has 100 valence electrons. The summed E-state index contributed by atoms with van der Waals surface area (Å²) in [5, 5.41) is 4.10. The van der Waals surface area contributed by atoms with Crippen LogP contribution in [0.3, 0.4) is 0 Å². The molecule has 4 nitrogen and oxygen atoms in total. The SMILES string of the molecule is CC1CCN(C(=O)Nc2ccc3[nH]ccc3c2)CC1. The van der Waals surface area contributed by atoms with E-state index < -0.39 is 0 Å². The molecule has 4 heteroatoms. The Morgan fingerprint density at radius 1 is 1.32 bits per heavy atom. The van der Waals surface area contributed by atoms with E-state index in [1.165, 1.54) is 0 Å². The summed E-state index contributed by atoms with van der Waals surface area (Å²) in [6, 6.07) is 7.94. The zero-order valence-electron chi connectivity index (χ0n) is 11.1. The van der Waals surface area contributed by atoms with E-state index in [0.29, 0.717) is 0 Å². The van der Waals surface area contributed by atoms with Crippen LogP contribution in [-0.2, 0) is 0 Å². The lowest BCUT2D eigenvalue weighted by Gasteiger charge is -2.30. The number of hydrogen-bond donors (Lipinski definition) is 2. The van der Waals surface area contributed by atoms with Gasteiger partial charge in [0.1, 0.15) is 0 Å². The molecule has 2 aromatic rings. The quantitative estimate of drug-likeness (QED) is 0.807. The van der Waals surface area contributed by atoms with Gasteiger partial charge in [0.2, 0.25) is 0 Å². The first-order valence-corrected chi connectivity index (χ1v) is 6.85. The second-order valence-corrected chi connectivity index (χ2v) is 5.38. The van der Waals surface area contributed by atoms with E-state index in [0.717, 1.165) is 48.4 Å². The van der Waals surface area contributed by atoms with Crippen molar-refractivity contribution >= 4 is 22.6 Å². The maximum Gasteiger partial charge on any atom is 0.321 e. The van der Waals surface area contributed by atoms with Crippen molar-refractivity contribution in [3.63, 3.8) is 0 Å². The highest BCUT2D eigenvalue weighted by Crippen LogP contribution is 2.20. The Morgan fingerprint density at radius 3 is 2.89 bits per heavy atom. The molecule has 0 atom stereocenters. The van der Waals surface area contributed by atoms with Crippen molar-refractivity contribution in [2.24, 2.45) is 5.92 Å². The maximum atomic E-state index is 12.2. The number of likely N-dealkylation sites (tertiary alicyclic amines) is 1. The Hall–Kier alpha value is -1.97. The standard InChI is InChI=1S/C15H19N3O/c1-11-5-8-18(9-6-11)15(19)17-13-2-3-14-12(10-13)4-7-16-14/h2-4,7,10-11,16H,5-6,8-9H2,1H3,(H,17,19). The molecule has 2 amide bonds. The lowest BCUT2D eigenvalue weighted by Crippen LogP contribution is -2.40. The number of H-pyrrole nitrogens is 1.